The predicted octanol–water partition coefficient (Wildman–Crippen LogP) is 1.99. The minimum Gasteiger partial charge on any atom is -0.331 e. The number of aromatic nitrogens is 2. The minimum absolute atomic E-state index is 0.599. The van der Waals surface area contributed by atoms with Crippen molar-refractivity contribution in [3.63, 3.8) is 0 Å². The first-order chi connectivity index (χ1) is 7.75. The monoisotopic (exact) mass is 215 g/mol. The molecule has 1 aliphatic rings. The highest BCUT2D eigenvalue weighted by molar-refractivity contribution is 5.75. The van der Waals surface area contributed by atoms with Crippen molar-refractivity contribution in [3.8, 4) is 0 Å². The molecule has 2 heterocycles. The summed E-state index contributed by atoms with van der Waals surface area (Å²) < 4.78 is 2.25. The molecule has 84 valence electrons. The maximum absolute atomic E-state index is 4.77. The van der Waals surface area contributed by atoms with Gasteiger partial charge in [0, 0.05) is 19.5 Å². The topological polar surface area (TPSA) is 21.1 Å². The van der Waals surface area contributed by atoms with Crippen molar-refractivity contribution in [2.45, 2.75) is 12.3 Å². The molecule has 1 saturated heterocycles. The molecule has 0 amide bonds. The summed E-state index contributed by atoms with van der Waals surface area (Å²) in [7, 11) is 4.31. The minimum atomic E-state index is 0.599. The molecule has 0 spiro atoms. The summed E-state index contributed by atoms with van der Waals surface area (Å²) in [4.78, 5) is 7.14. The lowest BCUT2D eigenvalue weighted by molar-refractivity contribution is 0.409. The zero-order valence-electron chi connectivity index (χ0n) is 9.85. The van der Waals surface area contributed by atoms with E-state index in [1.807, 2.05) is 0 Å². The third-order valence-corrected chi connectivity index (χ3v) is 3.58. The molecule has 0 N–H and O–H groups in total. The number of nitrogens with zero attached hydrogens (tertiary/aromatic N) is 3. The summed E-state index contributed by atoms with van der Waals surface area (Å²) in [6, 6.07) is 8.37. The SMILES string of the molecule is CN1CC[C@H](c2nc3ccccc3n2C)C1. The number of imidazole rings is 1. The van der Waals surface area contributed by atoms with Crippen LogP contribution in [0, 0.1) is 0 Å². The van der Waals surface area contributed by atoms with E-state index in [2.05, 4.69) is 47.8 Å². The van der Waals surface area contributed by atoms with Gasteiger partial charge in [-0.3, -0.25) is 0 Å². The van der Waals surface area contributed by atoms with Gasteiger partial charge in [0.15, 0.2) is 0 Å². The summed E-state index contributed by atoms with van der Waals surface area (Å²) in [6.45, 7) is 2.32. The van der Waals surface area contributed by atoms with Gasteiger partial charge in [0.25, 0.3) is 0 Å². The first kappa shape index (κ1) is 9.85. The van der Waals surface area contributed by atoms with E-state index in [0.29, 0.717) is 5.92 Å². The number of rotatable bonds is 1. The molecule has 1 aliphatic heterocycles. The van der Waals surface area contributed by atoms with Crippen LogP contribution in [0.3, 0.4) is 0 Å². The van der Waals surface area contributed by atoms with Crippen LogP contribution in [-0.4, -0.2) is 34.6 Å². The molecule has 1 aromatic carbocycles. The van der Waals surface area contributed by atoms with Gasteiger partial charge in [-0.05, 0) is 32.1 Å². The van der Waals surface area contributed by atoms with Crippen LogP contribution in [0.2, 0.25) is 0 Å². The van der Waals surface area contributed by atoms with Gasteiger partial charge in [-0.25, -0.2) is 4.98 Å². The summed E-state index contributed by atoms with van der Waals surface area (Å²) in [5, 5.41) is 0. The fraction of sp³-hybridized carbons (Fsp3) is 0.462. The number of hydrogen-bond acceptors (Lipinski definition) is 2. The highest BCUT2D eigenvalue weighted by Gasteiger charge is 2.25. The van der Waals surface area contributed by atoms with E-state index < -0.39 is 0 Å². The number of benzene rings is 1. The molecule has 3 rings (SSSR count). The first-order valence-electron chi connectivity index (χ1n) is 5.85. The Balaban J connectivity index is 2.07. The van der Waals surface area contributed by atoms with Crippen LogP contribution in [0.15, 0.2) is 24.3 Å². The molecule has 3 nitrogen and oxygen atoms in total. The maximum atomic E-state index is 4.77. The highest BCUT2D eigenvalue weighted by Crippen LogP contribution is 2.27. The molecule has 0 unspecified atom stereocenters. The van der Waals surface area contributed by atoms with Crippen molar-refractivity contribution < 1.29 is 0 Å². The Kier molecular flexibility index (Phi) is 2.21. The van der Waals surface area contributed by atoms with Crippen molar-refractivity contribution in [1.29, 1.82) is 0 Å². The quantitative estimate of drug-likeness (QED) is 0.725. The summed E-state index contributed by atoms with van der Waals surface area (Å²) in [5.41, 5.74) is 2.36. The molecule has 1 aromatic heterocycles. The van der Waals surface area contributed by atoms with E-state index in [9.17, 15) is 0 Å². The Morgan fingerprint density at radius 3 is 2.75 bits per heavy atom. The van der Waals surface area contributed by atoms with E-state index >= 15 is 0 Å². The zero-order valence-corrected chi connectivity index (χ0v) is 9.85. The molecule has 0 bridgehead atoms. The van der Waals surface area contributed by atoms with E-state index in [-0.39, 0.29) is 0 Å². The van der Waals surface area contributed by atoms with Crippen molar-refractivity contribution >= 4 is 11.0 Å². The van der Waals surface area contributed by atoms with Gasteiger partial charge in [-0.2, -0.15) is 0 Å². The fourth-order valence-corrected chi connectivity index (χ4v) is 2.68. The van der Waals surface area contributed by atoms with Crippen LogP contribution in [0.4, 0.5) is 0 Å². The molecular formula is C13H17N3. The summed E-state index contributed by atoms with van der Waals surface area (Å²) >= 11 is 0. The second-order valence-corrected chi connectivity index (χ2v) is 4.77. The van der Waals surface area contributed by atoms with Crippen LogP contribution >= 0.6 is 0 Å². The second kappa shape index (κ2) is 3.59. The van der Waals surface area contributed by atoms with E-state index in [0.717, 1.165) is 12.1 Å². The van der Waals surface area contributed by atoms with Gasteiger partial charge >= 0.3 is 0 Å². The van der Waals surface area contributed by atoms with Crippen molar-refractivity contribution in [2.75, 3.05) is 20.1 Å². The van der Waals surface area contributed by atoms with Crippen LogP contribution in [-0.2, 0) is 7.05 Å². The van der Waals surface area contributed by atoms with Gasteiger partial charge in [-0.1, -0.05) is 12.1 Å². The predicted molar refractivity (Wildman–Crippen MR) is 65.6 cm³/mol. The van der Waals surface area contributed by atoms with E-state index in [4.69, 9.17) is 4.98 Å². The van der Waals surface area contributed by atoms with Crippen LogP contribution in [0.5, 0.6) is 0 Å². The number of para-hydroxylation sites is 2. The van der Waals surface area contributed by atoms with Gasteiger partial charge < -0.3 is 9.47 Å². The standard InChI is InChI=1S/C13H17N3/c1-15-8-7-10(9-15)13-14-11-5-3-4-6-12(11)16(13)2/h3-6,10H,7-9H2,1-2H3/t10-/m0/s1. The Labute approximate surface area is 95.7 Å². The Morgan fingerprint density at radius 1 is 1.25 bits per heavy atom. The lowest BCUT2D eigenvalue weighted by Crippen LogP contribution is -2.14. The normalized spacial score (nSPS) is 22.0. The average Bonchev–Trinajstić information content (AvgIpc) is 2.84. The van der Waals surface area contributed by atoms with Crippen LogP contribution < -0.4 is 0 Å². The third-order valence-electron chi connectivity index (χ3n) is 3.58. The van der Waals surface area contributed by atoms with E-state index in [1.165, 1.54) is 24.3 Å². The third kappa shape index (κ3) is 1.43. The molecule has 1 atom stereocenters. The zero-order chi connectivity index (χ0) is 11.1. The lowest BCUT2D eigenvalue weighted by atomic mass is 10.1. The number of fused-ring (bicyclic) bond motifs is 1. The van der Waals surface area contributed by atoms with Gasteiger partial charge in [0.05, 0.1) is 11.0 Å². The number of aryl methyl sites for hydroxylation is 1. The Bertz CT molecular complexity index is 515. The number of likely N-dealkylation sites (tertiary alicyclic amines) is 1. The van der Waals surface area contributed by atoms with Gasteiger partial charge in [0.2, 0.25) is 0 Å². The largest absolute Gasteiger partial charge is 0.331 e. The molecule has 2 aromatic rings. The molecule has 0 aliphatic carbocycles. The molecule has 0 radical (unpaired) electrons. The molecular weight excluding hydrogens is 198 g/mol. The number of likely N-dealkylation sites (N-methyl/N-ethyl adjacent to an activating group) is 1. The first-order valence-corrected chi connectivity index (χ1v) is 5.85. The highest BCUT2D eigenvalue weighted by atomic mass is 15.1. The Hall–Kier alpha value is -1.35. The molecule has 0 saturated carbocycles. The molecule has 16 heavy (non-hydrogen) atoms. The van der Waals surface area contributed by atoms with Crippen molar-refractivity contribution in [1.82, 2.24) is 14.5 Å². The van der Waals surface area contributed by atoms with Gasteiger partial charge in [0.1, 0.15) is 5.82 Å². The van der Waals surface area contributed by atoms with Crippen molar-refractivity contribution in [2.24, 2.45) is 7.05 Å². The van der Waals surface area contributed by atoms with Crippen LogP contribution in [0.1, 0.15) is 18.2 Å². The van der Waals surface area contributed by atoms with Crippen molar-refractivity contribution in [3.05, 3.63) is 30.1 Å². The summed E-state index contributed by atoms with van der Waals surface area (Å²) in [5.74, 6) is 1.84. The Morgan fingerprint density at radius 2 is 2.06 bits per heavy atom. The second-order valence-electron chi connectivity index (χ2n) is 4.77. The molecule has 1 fully saturated rings. The fourth-order valence-electron chi connectivity index (χ4n) is 2.68. The van der Waals surface area contributed by atoms with E-state index in [1.54, 1.807) is 0 Å². The maximum Gasteiger partial charge on any atom is 0.114 e. The van der Waals surface area contributed by atoms with Gasteiger partial charge in [-0.15, -0.1) is 0 Å². The average molecular weight is 215 g/mol. The molecule has 3 heteroatoms. The lowest BCUT2D eigenvalue weighted by Gasteiger charge is -2.10. The number of hydrogen-bond donors (Lipinski definition) is 0. The van der Waals surface area contributed by atoms with Crippen LogP contribution in [0.25, 0.3) is 11.0 Å². The summed E-state index contributed by atoms with van der Waals surface area (Å²) in [6.07, 6.45) is 1.23. The smallest absolute Gasteiger partial charge is 0.114 e.